The van der Waals surface area contributed by atoms with E-state index in [9.17, 15) is 0 Å². The first kappa shape index (κ1) is 8.41. The van der Waals surface area contributed by atoms with Crippen LogP contribution in [0.2, 0.25) is 5.28 Å². The van der Waals surface area contributed by atoms with E-state index in [4.69, 9.17) is 16.3 Å². The zero-order chi connectivity index (χ0) is 8.39. The first-order valence-corrected chi connectivity index (χ1v) is 5.08. The van der Waals surface area contributed by atoms with E-state index in [0.717, 1.165) is 31.1 Å². The van der Waals surface area contributed by atoms with Crippen LogP contribution in [0.25, 0.3) is 0 Å². The van der Waals surface area contributed by atoms with E-state index in [1.165, 1.54) is 11.5 Å². The summed E-state index contributed by atoms with van der Waals surface area (Å²) in [5.41, 5.74) is 0. The Morgan fingerprint density at radius 2 is 2.50 bits per heavy atom. The molecule has 2 rings (SSSR count). The van der Waals surface area contributed by atoms with Crippen molar-refractivity contribution < 1.29 is 4.74 Å². The molecule has 0 aromatic carbocycles. The lowest BCUT2D eigenvalue weighted by molar-refractivity contribution is 0.0804. The highest BCUT2D eigenvalue weighted by Crippen LogP contribution is 2.27. The van der Waals surface area contributed by atoms with Gasteiger partial charge in [0.1, 0.15) is 5.01 Å². The van der Waals surface area contributed by atoms with Gasteiger partial charge in [0, 0.05) is 12.5 Å². The number of nitrogens with zero attached hydrogens (tertiary/aromatic N) is 2. The molecule has 1 aliphatic rings. The lowest BCUT2D eigenvalue weighted by atomic mass is 10.0. The van der Waals surface area contributed by atoms with E-state index >= 15 is 0 Å². The maximum atomic E-state index is 5.63. The van der Waals surface area contributed by atoms with Gasteiger partial charge in [0.15, 0.2) is 0 Å². The van der Waals surface area contributed by atoms with Crippen LogP contribution in [0.4, 0.5) is 0 Å². The molecule has 0 amide bonds. The van der Waals surface area contributed by atoms with Crippen LogP contribution in [0, 0.1) is 0 Å². The van der Waals surface area contributed by atoms with Gasteiger partial charge in [-0.3, -0.25) is 0 Å². The second kappa shape index (κ2) is 3.68. The lowest BCUT2D eigenvalue weighted by Crippen LogP contribution is -2.15. The predicted octanol–water partition coefficient (Wildman–Crippen LogP) is 2.09. The molecule has 1 aromatic rings. The zero-order valence-electron chi connectivity index (χ0n) is 6.49. The topological polar surface area (TPSA) is 35.0 Å². The highest BCUT2D eigenvalue weighted by molar-refractivity contribution is 7.05. The Morgan fingerprint density at radius 1 is 1.58 bits per heavy atom. The molecule has 2 heterocycles. The van der Waals surface area contributed by atoms with Gasteiger partial charge in [-0.2, -0.15) is 4.37 Å². The number of hydrogen-bond acceptors (Lipinski definition) is 4. The second-order valence-electron chi connectivity index (χ2n) is 2.82. The molecule has 1 unspecified atom stereocenters. The Bertz CT molecular complexity index is 260. The third-order valence-corrected chi connectivity index (χ3v) is 3.07. The van der Waals surface area contributed by atoms with E-state index < -0.39 is 0 Å². The van der Waals surface area contributed by atoms with Crippen LogP contribution in [0.1, 0.15) is 23.8 Å². The monoisotopic (exact) mass is 204 g/mol. The average molecular weight is 205 g/mol. The summed E-state index contributed by atoms with van der Waals surface area (Å²) < 4.78 is 9.27. The Balaban J connectivity index is 2.08. The highest BCUT2D eigenvalue weighted by atomic mass is 35.5. The van der Waals surface area contributed by atoms with Crippen molar-refractivity contribution in [2.75, 3.05) is 13.2 Å². The third kappa shape index (κ3) is 1.76. The van der Waals surface area contributed by atoms with Crippen LogP contribution in [0.3, 0.4) is 0 Å². The number of aromatic nitrogens is 2. The quantitative estimate of drug-likeness (QED) is 0.703. The summed E-state index contributed by atoms with van der Waals surface area (Å²) in [7, 11) is 0. The van der Waals surface area contributed by atoms with Gasteiger partial charge in [-0.1, -0.05) is 0 Å². The Labute approximate surface area is 79.9 Å². The summed E-state index contributed by atoms with van der Waals surface area (Å²) in [6.45, 7) is 1.65. The van der Waals surface area contributed by atoms with Crippen LogP contribution < -0.4 is 0 Å². The molecule has 0 aliphatic carbocycles. The largest absolute Gasteiger partial charge is 0.381 e. The summed E-state index contributed by atoms with van der Waals surface area (Å²) >= 11 is 7.01. The number of ether oxygens (including phenoxy) is 1. The summed E-state index contributed by atoms with van der Waals surface area (Å²) in [6, 6.07) is 0. The standard InChI is InChI=1S/C7H9ClN2OS/c8-7-9-6(12-10-7)5-2-1-3-11-4-5/h5H,1-4H2. The molecular formula is C7H9ClN2OS. The van der Waals surface area contributed by atoms with Crippen LogP contribution in [-0.2, 0) is 4.74 Å². The van der Waals surface area contributed by atoms with Gasteiger partial charge in [0.25, 0.3) is 0 Å². The van der Waals surface area contributed by atoms with Crippen LogP contribution in [-0.4, -0.2) is 22.6 Å². The van der Waals surface area contributed by atoms with Crippen molar-refractivity contribution in [3.8, 4) is 0 Å². The number of rotatable bonds is 1. The number of halogens is 1. The molecule has 0 spiro atoms. The third-order valence-electron chi connectivity index (χ3n) is 1.93. The second-order valence-corrected chi connectivity index (χ2v) is 3.94. The molecule has 1 aromatic heterocycles. The van der Waals surface area contributed by atoms with Crippen molar-refractivity contribution in [2.24, 2.45) is 0 Å². The van der Waals surface area contributed by atoms with Gasteiger partial charge in [-0.05, 0) is 36.0 Å². The molecule has 0 N–H and O–H groups in total. The van der Waals surface area contributed by atoms with Crippen molar-refractivity contribution in [1.29, 1.82) is 0 Å². The molecule has 0 saturated carbocycles. The van der Waals surface area contributed by atoms with Crippen molar-refractivity contribution in [2.45, 2.75) is 18.8 Å². The molecule has 12 heavy (non-hydrogen) atoms. The van der Waals surface area contributed by atoms with Crippen molar-refractivity contribution in [3.05, 3.63) is 10.3 Å². The smallest absolute Gasteiger partial charge is 0.234 e. The van der Waals surface area contributed by atoms with Gasteiger partial charge < -0.3 is 4.74 Å². The lowest BCUT2D eigenvalue weighted by Gasteiger charge is -2.19. The van der Waals surface area contributed by atoms with Crippen molar-refractivity contribution in [1.82, 2.24) is 9.36 Å². The molecule has 5 heteroatoms. The van der Waals surface area contributed by atoms with Gasteiger partial charge >= 0.3 is 0 Å². The molecule has 1 atom stereocenters. The SMILES string of the molecule is Clc1nsc(C2CCCOC2)n1. The molecule has 0 bridgehead atoms. The van der Waals surface area contributed by atoms with E-state index in [1.807, 2.05) is 0 Å². The molecular weight excluding hydrogens is 196 g/mol. The molecule has 0 radical (unpaired) electrons. The summed E-state index contributed by atoms with van der Waals surface area (Å²) in [4.78, 5) is 4.13. The van der Waals surface area contributed by atoms with E-state index in [2.05, 4.69) is 9.36 Å². The molecule has 66 valence electrons. The minimum Gasteiger partial charge on any atom is -0.381 e. The highest BCUT2D eigenvalue weighted by Gasteiger charge is 2.19. The molecule has 1 aliphatic heterocycles. The average Bonchev–Trinajstić information content (AvgIpc) is 2.54. The first-order valence-electron chi connectivity index (χ1n) is 3.93. The minimum absolute atomic E-state index is 0.362. The van der Waals surface area contributed by atoms with Crippen molar-refractivity contribution in [3.63, 3.8) is 0 Å². The number of hydrogen-bond donors (Lipinski definition) is 0. The van der Waals surface area contributed by atoms with Crippen molar-refractivity contribution >= 4 is 23.1 Å². The Morgan fingerprint density at radius 3 is 3.08 bits per heavy atom. The normalized spacial score (nSPS) is 24.2. The molecule has 1 fully saturated rings. The van der Waals surface area contributed by atoms with E-state index in [1.54, 1.807) is 0 Å². The van der Waals surface area contributed by atoms with Gasteiger partial charge in [0.05, 0.1) is 6.61 Å². The van der Waals surface area contributed by atoms with Gasteiger partial charge in [-0.25, -0.2) is 4.98 Å². The van der Waals surface area contributed by atoms with Crippen LogP contribution in [0.15, 0.2) is 0 Å². The van der Waals surface area contributed by atoms with E-state index in [0.29, 0.717) is 11.2 Å². The summed E-state index contributed by atoms with van der Waals surface area (Å²) in [5.74, 6) is 0.420. The molecule has 3 nitrogen and oxygen atoms in total. The fraction of sp³-hybridized carbons (Fsp3) is 0.714. The fourth-order valence-corrected chi connectivity index (χ4v) is 2.23. The van der Waals surface area contributed by atoms with Gasteiger partial charge in [0.2, 0.25) is 5.28 Å². The van der Waals surface area contributed by atoms with Crippen LogP contribution in [0.5, 0.6) is 0 Å². The zero-order valence-corrected chi connectivity index (χ0v) is 8.07. The fourth-order valence-electron chi connectivity index (χ4n) is 1.32. The van der Waals surface area contributed by atoms with E-state index in [-0.39, 0.29) is 0 Å². The Kier molecular flexibility index (Phi) is 2.58. The summed E-state index contributed by atoms with van der Waals surface area (Å²) in [6.07, 6.45) is 2.26. The predicted molar refractivity (Wildman–Crippen MR) is 47.7 cm³/mol. The Hall–Kier alpha value is -0.190. The molecule has 1 saturated heterocycles. The van der Waals surface area contributed by atoms with Gasteiger partial charge in [-0.15, -0.1) is 0 Å². The maximum absolute atomic E-state index is 5.63. The maximum Gasteiger partial charge on any atom is 0.234 e. The summed E-state index contributed by atoms with van der Waals surface area (Å²) in [5, 5.41) is 1.38. The minimum atomic E-state index is 0.362. The first-order chi connectivity index (χ1) is 5.86. The van der Waals surface area contributed by atoms with Crippen LogP contribution >= 0.6 is 23.1 Å².